The van der Waals surface area contributed by atoms with Crippen molar-refractivity contribution in [2.45, 2.75) is 31.4 Å². The van der Waals surface area contributed by atoms with E-state index in [2.05, 4.69) is 15.5 Å². The Labute approximate surface area is 99.6 Å². The highest BCUT2D eigenvalue weighted by atomic mass is 16.5. The van der Waals surface area contributed by atoms with E-state index in [4.69, 9.17) is 10.5 Å². The second-order valence-corrected chi connectivity index (χ2v) is 4.13. The fourth-order valence-electron chi connectivity index (χ4n) is 2.08. The number of nitrogens with two attached hydrogens (primary N) is 1. The number of nitrogens with zero attached hydrogens (tertiary/aromatic N) is 2. The van der Waals surface area contributed by atoms with Crippen LogP contribution in [-0.4, -0.2) is 35.4 Å². The number of rotatable bonds is 3. The lowest BCUT2D eigenvalue weighted by atomic mass is 10.2. The maximum atomic E-state index is 11.9. The van der Waals surface area contributed by atoms with Gasteiger partial charge < -0.3 is 15.8 Å². The molecule has 1 aliphatic rings. The molecule has 0 radical (unpaired) electrons. The minimum absolute atomic E-state index is 0.0619. The number of carbonyl (C=O) groups excluding carboxylic acids is 1. The number of hydrogen-bond acceptors (Lipinski definition) is 5. The zero-order valence-electron chi connectivity index (χ0n) is 9.72. The summed E-state index contributed by atoms with van der Waals surface area (Å²) in [6, 6.07) is 3.19. The Hall–Kier alpha value is -1.69. The molecule has 2 atom stereocenters. The van der Waals surface area contributed by atoms with Gasteiger partial charge in [0.1, 0.15) is 5.82 Å². The molecule has 1 saturated carbocycles. The number of nitrogens with one attached hydrogen (secondary N) is 1. The maximum absolute atomic E-state index is 11.9. The summed E-state index contributed by atoms with van der Waals surface area (Å²) in [5.74, 6) is 0.0728. The molecule has 0 aliphatic heterocycles. The predicted molar refractivity (Wildman–Crippen MR) is 62.3 cm³/mol. The van der Waals surface area contributed by atoms with E-state index in [1.807, 2.05) is 0 Å². The van der Waals surface area contributed by atoms with Gasteiger partial charge in [-0.05, 0) is 31.4 Å². The first-order chi connectivity index (χ1) is 8.20. The lowest BCUT2D eigenvalue weighted by Crippen LogP contribution is -2.41. The molecule has 92 valence electrons. The lowest BCUT2D eigenvalue weighted by Gasteiger charge is -2.19. The Morgan fingerprint density at radius 1 is 1.47 bits per heavy atom. The number of amides is 1. The van der Waals surface area contributed by atoms with Crippen molar-refractivity contribution in [3.8, 4) is 0 Å². The zero-order chi connectivity index (χ0) is 12.3. The van der Waals surface area contributed by atoms with Gasteiger partial charge in [-0.1, -0.05) is 0 Å². The van der Waals surface area contributed by atoms with E-state index in [0.29, 0.717) is 5.82 Å². The largest absolute Gasteiger partial charge is 0.382 e. The first kappa shape index (κ1) is 11.8. The summed E-state index contributed by atoms with van der Waals surface area (Å²) in [6.45, 7) is 0. The summed E-state index contributed by atoms with van der Waals surface area (Å²) in [7, 11) is 1.66. The Kier molecular flexibility index (Phi) is 3.53. The molecular weight excluding hydrogens is 220 g/mol. The Morgan fingerprint density at radius 3 is 2.94 bits per heavy atom. The minimum Gasteiger partial charge on any atom is -0.382 e. The molecule has 0 saturated heterocycles. The monoisotopic (exact) mass is 236 g/mol. The molecule has 6 heteroatoms. The van der Waals surface area contributed by atoms with Gasteiger partial charge in [0.25, 0.3) is 5.91 Å². The average molecular weight is 236 g/mol. The Morgan fingerprint density at radius 2 is 2.29 bits per heavy atom. The quantitative estimate of drug-likeness (QED) is 0.790. The number of methoxy groups -OCH3 is 1. The van der Waals surface area contributed by atoms with Gasteiger partial charge in [0.15, 0.2) is 5.69 Å². The van der Waals surface area contributed by atoms with Crippen LogP contribution in [-0.2, 0) is 4.74 Å². The van der Waals surface area contributed by atoms with Gasteiger partial charge in [0.2, 0.25) is 0 Å². The van der Waals surface area contributed by atoms with Crippen LogP contribution in [0.15, 0.2) is 12.1 Å². The summed E-state index contributed by atoms with van der Waals surface area (Å²) < 4.78 is 5.31. The highest BCUT2D eigenvalue weighted by molar-refractivity contribution is 5.92. The van der Waals surface area contributed by atoms with Crippen molar-refractivity contribution in [3.05, 3.63) is 17.8 Å². The van der Waals surface area contributed by atoms with Crippen LogP contribution >= 0.6 is 0 Å². The standard InChI is InChI=1S/C11H16N4O2/c1-17-9-4-2-3-7(9)13-11(16)8-5-6-10(12)15-14-8/h5-7,9H,2-4H2,1H3,(H2,12,15)(H,13,16). The van der Waals surface area contributed by atoms with Crippen LogP contribution in [0.3, 0.4) is 0 Å². The smallest absolute Gasteiger partial charge is 0.272 e. The molecule has 0 bridgehead atoms. The highest BCUT2D eigenvalue weighted by Gasteiger charge is 2.28. The zero-order valence-corrected chi connectivity index (χ0v) is 9.72. The molecule has 6 nitrogen and oxygen atoms in total. The molecule has 1 amide bonds. The van der Waals surface area contributed by atoms with Crippen molar-refractivity contribution in [1.82, 2.24) is 15.5 Å². The fraction of sp³-hybridized carbons (Fsp3) is 0.545. The first-order valence-corrected chi connectivity index (χ1v) is 5.63. The van der Waals surface area contributed by atoms with Crippen LogP contribution in [0.1, 0.15) is 29.8 Å². The Balaban J connectivity index is 1.99. The van der Waals surface area contributed by atoms with Crippen LogP contribution < -0.4 is 11.1 Å². The van der Waals surface area contributed by atoms with Crippen molar-refractivity contribution in [2.24, 2.45) is 0 Å². The first-order valence-electron chi connectivity index (χ1n) is 5.63. The van der Waals surface area contributed by atoms with E-state index in [-0.39, 0.29) is 23.7 Å². The summed E-state index contributed by atoms with van der Waals surface area (Å²) in [4.78, 5) is 11.9. The van der Waals surface area contributed by atoms with Gasteiger partial charge in [-0.2, -0.15) is 0 Å². The molecule has 2 unspecified atom stereocenters. The number of nitrogen functional groups attached to an aromatic ring is 1. The van der Waals surface area contributed by atoms with Crippen molar-refractivity contribution in [1.29, 1.82) is 0 Å². The van der Waals surface area contributed by atoms with Gasteiger partial charge >= 0.3 is 0 Å². The summed E-state index contributed by atoms with van der Waals surface area (Å²) >= 11 is 0. The molecule has 1 aliphatic carbocycles. The molecule has 1 aromatic heterocycles. The minimum atomic E-state index is -0.230. The van der Waals surface area contributed by atoms with Crippen molar-refractivity contribution in [3.63, 3.8) is 0 Å². The second-order valence-electron chi connectivity index (χ2n) is 4.13. The van der Waals surface area contributed by atoms with Crippen LogP contribution in [0.5, 0.6) is 0 Å². The summed E-state index contributed by atoms with van der Waals surface area (Å²) in [5, 5.41) is 10.3. The molecule has 2 rings (SSSR count). The second kappa shape index (κ2) is 5.09. The third kappa shape index (κ3) is 2.71. The van der Waals surface area contributed by atoms with Crippen LogP contribution in [0.4, 0.5) is 5.82 Å². The topological polar surface area (TPSA) is 90.1 Å². The van der Waals surface area contributed by atoms with Crippen LogP contribution in [0, 0.1) is 0 Å². The summed E-state index contributed by atoms with van der Waals surface area (Å²) in [5.41, 5.74) is 5.69. The maximum Gasteiger partial charge on any atom is 0.272 e. The number of ether oxygens (including phenoxy) is 1. The number of carbonyl (C=O) groups is 1. The van der Waals surface area contributed by atoms with Gasteiger partial charge in [-0.3, -0.25) is 4.79 Å². The van der Waals surface area contributed by atoms with Gasteiger partial charge in [-0.25, -0.2) is 0 Å². The molecule has 1 aromatic rings. The molecule has 0 aromatic carbocycles. The third-order valence-corrected chi connectivity index (χ3v) is 2.99. The van der Waals surface area contributed by atoms with Crippen LogP contribution in [0.2, 0.25) is 0 Å². The van der Waals surface area contributed by atoms with Crippen molar-refractivity contribution >= 4 is 11.7 Å². The third-order valence-electron chi connectivity index (χ3n) is 2.99. The van der Waals surface area contributed by atoms with Crippen LogP contribution in [0.25, 0.3) is 0 Å². The number of anilines is 1. The lowest BCUT2D eigenvalue weighted by molar-refractivity contribution is 0.0718. The van der Waals surface area contributed by atoms with E-state index in [1.54, 1.807) is 19.2 Å². The predicted octanol–water partition coefficient (Wildman–Crippen LogP) is 0.356. The number of hydrogen-bond donors (Lipinski definition) is 2. The van der Waals surface area contributed by atoms with Crippen molar-refractivity contribution in [2.75, 3.05) is 12.8 Å². The molecule has 0 spiro atoms. The highest BCUT2D eigenvalue weighted by Crippen LogP contribution is 2.21. The molecular formula is C11H16N4O2. The van der Waals surface area contributed by atoms with Gasteiger partial charge in [0, 0.05) is 7.11 Å². The van der Waals surface area contributed by atoms with Gasteiger partial charge in [0.05, 0.1) is 12.1 Å². The normalized spacial score (nSPS) is 23.6. The molecule has 1 fully saturated rings. The van der Waals surface area contributed by atoms with Gasteiger partial charge in [-0.15, -0.1) is 10.2 Å². The van der Waals surface area contributed by atoms with Crippen molar-refractivity contribution < 1.29 is 9.53 Å². The fourth-order valence-corrected chi connectivity index (χ4v) is 2.08. The molecule has 3 N–H and O–H groups in total. The Bertz CT molecular complexity index is 393. The molecule has 17 heavy (non-hydrogen) atoms. The van der Waals surface area contributed by atoms with E-state index in [1.165, 1.54) is 0 Å². The number of aromatic nitrogens is 2. The van der Waals surface area contributed by atoms with E-state index in [0.717, 1.165) is 19.3 Å². The van der Waals surface area contributed by atoms with E-state index < -0.39 is 0 Å². The van der Waals surface area contributed by atoms with E-state index in [9.17, 15) is 4.79 Å². The molecule has 1 heterocycles. The average Bonchev–Trinajstić information content (AvgIpc) is 2.77. The van der Waals surface area contributed by atoms with E-state index >= 15 is 0 Å². The summed E-state index contributed by atoms with van der Waals surface area (Å²) in [6.07, 6.45) is 3.08. The SMILES string of the molecule is COC1CCCC1NC(=O)c1ccc(N)nn1.